The van der Waals surface area contributed by atoms with Gasteiger partial charge in [0.15, 0.2) is 17.2 Å². The molecule has 2 aromatic carbocycles. The van der Waals surface area contributed by atoms with Crippen LogP contribution in [0, 0.1) is 11.8 Å². The highest BCUT2D eigenvalue weighted by atomic mass is 16.5. The molecule has 24 heavy (non-hydrogen) atoms. The molecule has 0 saturated carbocycles. The highest BCUT2D eigenvalue weighted by Crippen LogP contribution is 2.34. The fraction of sp³-hybridized carbons (Fsp3) is 0.222. The van der Waals surface area contributed by atoms with Crippen molar-refractivity contribution in [2.45, 2.75) is 12.8 Å². The molecule has 6 nitrogen and oxygen atoms in total. The Bertz CT molecular complexity index is 730. The number of aromatic hydroxyl groups is 5. The minimum absolute atomic E-state index is 0.0252. The lowest BCUT2D eigenvalue weighted by Crippen LogP contribution is -1.97. The molecule has 0 aliphatic heterocycles. The van der Waals surface area contributed by atoms with Crippen LogP contribution in [0.2, 0.25) is 0 Å². The van der Waals surface area contributed by atoms with Crippen LogP contribution in [0.1, 0.15) is 17.5 Å². The van der Waals surface area contributed by atoms with E-state index < -0.39 is 17.2 Å². The monoisotopic (exact) mass is 330 g/mol. The summed E-state index contributed by atoms with van der Waals surface area (Å²) < 4.78 is 5.35. The van der Waals surface area contributed by atoms with E-state index in [0.29, 0.717) is 25.0 Å². The standard InChI is InChI=1S/C18H18O6/c19-14-7-12(8-15(20)11-14)3-1-5-24-6-2-4-13-9-16(21)18(23)17(22)10-13/h7-11,19-23H,1,3,5-6H2. The SMILES string of the molecule is Oc1cc(O)cc(CCCOCC#Cc2cc(O)c(O)c(O)c2)c1. The highest BCUT2D eigenvalue weighted by molar-refractivity contribution is 5.55. The summed E-state index contributed by atoms with van der Waals surface area (Å²) in [5.41, 5.74) is 1.18. The zero-order valence-corrected chi connectivity index (χ0v) is 12.9. The maximum atomic E-state index is 9.37. The Morgan fingerprint density at radius 2 is 1.46 bits per heavy atom. The Labute approximate surface area is 139 Å². The second-order valence-electron chi connectivity index (χ2n) is 5.18. The molecule has 2 rings (SSSR count). The van der Waals surface area contributed by atoms with Gasteiger partial charge in [-0.05, 0) is 42.7 Å². The second-order valence-corrected chi connectivity index (χ2v) is 5.18. The Kier molecular flexibility index (Phi) is 5.77. The number of hydrogen-bond donors (Lipinski definition) is 5. The number of ether oxygens (including phenoxy) is 1. The van der Waals surface area contributed by atoms with Crippen LogP contribution in [0.15, 0.2) is 30.3 Å². The van der Waals surface area contributed by atoms with E-state index in [2.05, 4.69) is 11.8 Å². The third-order valence-electron chi connectivity index (χ3n) is 3.19. The van der Waals surface area contributed by atoms with E-state index in [-0.39, 0.29) is 18.1 Å². The number of rotatable bonds is 5. The maximum absolute atomic E-state index is 9.37. The van der Waals surface area contributed by atoms with Crippen LogP contribution < -0.4 is 0 Å². The quantitative estimate of drug-likeness (QED) is 0.327. The molecule has 6 heteroatoms. The summed E-state index contributed by atoms with van der Waals surface area (Å²) in [7, 11) is 0. The molecule has 0 amide bonds. The average Bonchev–Trinajstić information content (AvgIpc) is 2.50. The summed E-state index contributed by atoms with van der Waals surface area (Å²) >= 11 is 0. The molecule has 0 saturated heterocycles. The van der Waals surface area contributed by atoms with E-state index in [1.165, 1.54) is 18.2 Å². The van der Waals surface area contributed by atoms with Gasteiger partial charge in [0, 0.05) is 18.2 Å². The van der Waals surface area contributed by atoms with E-state index in [9.17, 15) is 25.5 Å². The van der Waals surface area contributed by atoms with Gasteiger partial charge in [0.2, 0.25) is 0 Å². The molecular formula is C18H18O6. The van der Waals surface area contributed by atoms with Crippen molar-refractivity contribution in [1.82, 2.24) is 0 Å². The van der Waals surface area contributed by atoms with Crippen LogP contribution in [0.3, 0.4) is 0 Å². The van der Waals surface area contributed by atoms with Gasteiger partial charge in [-0.25, -0.2) is 0 Å². The van der Waals surface area contributed by atoms with Gasteiger partial charge in [-0.3, -0.25) is 0 Å². The van der Waals surface area contributed by atoms with Gasteiger partial charge >= 0.3 is 0 Å². The van der Waals surface area contributed by atoms with E-state index in [4.69, 9.17) is 4.74 Å². The number of aryl methyl sites for hydroxylation is 1. The molecule has 126 valence electrons. The van der Waals surface area contributed by atoms with Gasteiger partial charge in [-0.15, -0.1) is 0 Å². The summed E-state index contributed by atoms with van der Waals surface area (Å²) in [5.74, 6) is 4.05. The molecule has 0 spiro atoms. The van der Waals surface area contributed by atoms with Crippen LogP contribution in [0.4, 0.5) is 0 Å². The molecule has 0 aliphatic carbocycles. The molecule has 0 radical (unpaired) electrons. The molecule has 0 bridgehead atoms. The van der Waals surface area contributed by atoms with Crippen molar-refractivity contribution in [1.29, 1.82) is 0 Å². The van der Waals surface area contributed by atoms with Crippen molar-refractivity contribution in [3.8, 4) is 40.6 Å². The highest BCUT2D eigenvalue weighted by Gasteiger charge is 2.06. The smallest absolute Gasteiger partial charge is 0.200 e. The summed E-state index contributed by atoms with van der Waals surface area (Å²) in [6, 6.07) is 6.94. The first-order valence-corrected chi connectivity index (χ1v) is 7.29. The normalized spacial score (nSPS) is 10.2. The first kappa shape index (κ1) is 17.3. The van der Waals surface area contributed by atoms with Gasteiger partial charge < -0.3 is 30.3 Å². The summed E-state index contributed by atoms with van der Waals surface area (Å²) in [4.78, 5) is 0. The van der Waals surface area contributed by atoms with Gasteiger partial charge in [-0.2, -0.15) is 0 Å². The third-order valence-corrected chi connectivity index (χ3v) is 3.19. The third kappa shape index (κ3) is 5.00. The second kappa shape index (κ2) is 7.99. The zero-order valence-electron chi connectivity index (χ0n) is 12.9. The molecular weight excluding hydrogens is 312 g/mol. The predicted molar refractivity (Wildman–Crippen MR) is 87.2 cm³/mol. The van der Waals surface area contributed by atoms with Crippen molar-refractivity contribution in [2.75, 3.05) is 13.2 Å². The van der Waals surface area contributed by atoms with Crippen LogP contribution in [-0.2, 0) is 11.2 Å². The van der Waals surface area contributed by atoms with Crippen molar-refractivity contribution in [3.05, 3.63) is 41.5 Å². The van der Waals surface area contributed by atoms with Crippen LogP contribution in [-0.4, -0.2) is 38.7 Å². The number of phenolic OH excluding ortho intramolecular Hbond substituents is 5. The van der Waals surface area contributed by atoms with Gasteiger partial charge in [0.1, 0.15) is 18.1 Å². The topological polar surface area (TPSA) is 110 Å². The lowest BCUT2D eigenvalue weighted by atomic mass is 10.1. The van der Waals surface area contributed by atoms with Crippen molar-refractivity contribution in [3.63, 3.8) is 0 Å². The molecule has 0 fully saturated rings. The Balaban J connectivity index is 1.74. The Morgan fingerprint density at radius 1 is 0.833 bits per heavy atom. The molecule has 0 heterocycles. The molecule has 5 N–H and O–H groups in total. The van der Waals surface area contributed by atoms with Crippen LogP contribution >= 0.6 is 0 Å². The van der Waals surface area contributed by atoms with Crippen molar-refractivity contribution >= 4 is 0 Å². The van der Waals surface area contributed by atoms with Gasteiger partial charge in [-0.1, -0.05) is 11.8 Å². The van der Waals surface area contributed by atoms with E-state index in [0.717, 1.165) is 5.56 Å². The minimum Gasteiger partial charge on any atom is -0.508 e. The zero-order chi connectivity index (χ0) is 17.5. The summed E-state index contributed by atoms with van der Waals surface area (Å²) in [6.45, 7) is 0.630. The summed E-state index contributed by atoms with van der Waals surface area (Å²) in [5, 5.41) is 46.7. The summed E-state index contributed by atoms with van der Waals surface area (Å²) in [6.07, 6.45) is 1.35. The minimum atomic E-state index is -0.574. The van der Waals surface area contributed by atoms with E-state index in [1.54, 1.807) is 12.1 Å². The van der Waals surface area contributed by atoms with E-state index in [1.807, 2.05) is 0 Å². The largest absolute Gasteiger partial charge is 0.508 e. The van der Waals surface area contributed by atoms with E-state index >= 15 is 0 Å². The predicted octanol–water partition coefficient (Wildman–Crippen LogP) is 2.22. The number of phenols is 5. The van der Waals surface area contributed by atoms with Crippen molar-refractivity contribution in [2.24, 2.45) is 0 Å². The fourth-order valence-corrected chi connectivity index (χ4v) is 2.12. The first-order chi connectivity index (χ1) is 11.5. The molecule has 0 aromatic heterocycles. The Hall–Kier alpha value is -3.04. The van der Waals surface area contributed by atoms with Gasteiger partial charge in [0.25, 0.3) is 0 Å². The van der Waals surface area contributed by atoms with Crippen molar-refractivity contribution < 1.29 is 30.3 Å². The fourth-order valence-electron chi connectivity index (χ4n) is 2.12. The van der Waals surface area contributed by atoms with Crippen LogP contribution in [0.5, 0.6) is 28.7 Å². The molecule has 0 aliphatic rings. The maximum Gasteiger partial charge on any atom is 0.200 e. The first-order valence-electron chi connectivity index (χ1n) is 7.29. The molecule has 0 unspecified atom stereocenters. The molecule has 2 aromatic rings. The van der Waals surface area contributed by atoms with Gasteiger partial charge in [0.05, 0.1) is 0 Å². The number of benzene rings is 2. The number of hydrogen-bond acceptors (Lipinski definition) is 6. The lowest BCUT2D eigenvalue weighted by molar-refractivity contribution is 0.164. The molecule has 0 atom stereocenters. The van der Waals surface area contributed by atoms with Crippen LogP contribution in [0.25, 0.3) is 0 Å². The lowest BCUT2D eigenvalue weighted by Gasteiger charge is -2.03. The average molecular weight is 330 g/mol. The Morgan fingerprint density at radius 3 is 2.08 bits per heavy atom.